The van der Waals surface area contributed by atoms with Crippen LogP contribution < -0.4 is 5.32 Å². The van der Waals surface area contributed by atoms with Crippen LogP contribution in [0.2, 0.25) is 0 Å². The Morgan fingerprint density at radius 1 is 1.15 bits per heavy atom. The van der Waals surface area contributed by atoms with Gasteiger partial charge in [0.15, 0.2) is 23.1 Å². The van der Waals surface area contributed by atoms with E-state index in [0.717, 1.165) is 6.07 Å². The zero-order valence-electron chi connectivity index (χ0n) is 9.49. The number of carbonyl (C=O) groups is 2. The molecule has 0 aliphatic rings. The summed E-state index contributed by atoms with van der Waals surface area (Å²) in [5.41, 5.74) is -0.765. The maximum Gasteiger partial charge on any atom is 0.374 e. The second-order valence-electron chi connectivity index (χ2n) is 3.59. The van der Waals surface area contributed by atoms with Gasteiger partial charge in [0.2, 0.25) is 5.76 Å². The predicted octanol–water partition coefficient (Wildman–Crippen LogP) is 2.04. The SMILES string of the molecule is O=C(Nc1cc(F)c(F)c(F)c1)c1cc(C(=O)O)on1. The number of anilines is 1. The third kappa shape index (κ3) is 2.60. The first-order chi connectivity index (χ1) is 9.38. The molecule has 0 bridgehead atoms. The van der Waals surface area contributed by atoms with Gasteiger partial charge in [-0.05, 0) is 0 Å². The van der Waals surface area contributed by atoms with Crippen molar-refractivity contribution < 1.29 is 32.4 Å². The predicted molar refractivity (Wildman–Crippen MR) is 57.7 cm³/mol. The number of hydrogen-bond donors (Lipinski definition) is 2. The molecular weight excluding hydrogens is 281 g/mol. The quantitative estimate of drug-likeness (QED) is 0.842. The molecule has 0 aliphatic heterocycles. The summed E-state index contributed by atoms with van der Waals surface area (Å²) in [7, 11) is 0. The van der Waals surface area contributed by atoms with Crippen molar-refractivity contribution in [2.24, 2.45) is 0 Å². The third-order valence-electron chi connectivity index (χ3n) is 2.20. The smallest absolute Gasteiger partial charge is 0.374 e. The summed E-state index contributed by atoms with van der Waals surface area (Å²) in [5, 5.41) is 13.8. The minimum absolute atomic E-state index is 0.355. The van der Waals surface area contributed by atoms with Crippen molar-refractivity contribution in [3.8, 4) is 0 Å². The highest BCUT2D eigenvalue weighted by molar-refractivity contribution is 6.03. The van der Waals surface area contributed by atoms with Gasteiger partial charge in [-0.2, -0.15) is 0 Å². The summed E-state index contributed by atoms with van der Waals surface area (Å²) in [6.45, 7) is 0. The molecule has 1 heterocycles. The molecule has 104 valence electrons. The maximum atomic E-state index is 12.9. The molecule has 0 fully saturated rings. The van der Waals surface area contributed by atoms with Gasteiger partial charge in [0.1, 0.15) is 0 Å². The second kappa shape index (κ2) is 5.03. The van der Waals surface area contributed by atoms with Gasteiger partial charge in [-0.15, -0.1) is 0 Å². The lowest BCUT2D eigenvalue weighted by Gasteiger charge is -2.04. The van der Waals surface area contributed by atoms with Crippen LogP contribution >= 0.6 is 0 Å². The van der Waals surface area contributed by atoms with Crippen LogP contribution in [0, 0.1) is 17.5 Å². The van der Waals surface area contributed by atoms with Crippen LogP contribution in [0.25, 0.3) is 0 Å². The Morgan fingerprint density at radius 2 is 1.75 bits per heavy atom. The fourth-order valence-electron chi connectivity index (χ4n) is 1.31. The minimum Gasteiger partial charge on any atom is -0.475 e. The molecule has 2 rings (SSSR count). The van der Waals surface area contributed by atoms with E-state index in [1.807, 2.05) is 5.32 Å². The molecule has 0 aliphatic carbocycles. The average molecular weight is 286 g/mol. The van der Waals surface area contributed by atoms with Crippen molar-refractivity contribution in [2.75, 3.05) is 5.32 Å². The fourth-order valence-corrected chi connectivity index (χ4v) is 1.31. The molecule has 0 spiro atoms. The Kier molecular flexibility index (Phi) is 3.42. The Bertz CT molecular complexity index is 676. The van der Waals surface area contributed by atoms with Crippen molar-refractivity contribution in [3.05, 3.63) is 47.1 Å². The molecule has 2 N–H and O–H groups in total. The van der Waals surface area contributed by atoms with Gasteiger partial charge in [0, 0.05) is 23.9 Å². The standard InChI is InChI=1S/C11H5F3N2O4/c12-5-1-4(2-6(13)9(5)14)15-10(17)7-3-8(11(18)19)20-16-7/h1-3H,(H,15,17)(H,18,19). The topological polar surface area (TPSA) is 92.4 Å². The number of halogens is 3. The number of rotatable bonds is 3. The van der Waals surface area contributed by atoms with Gasteiger partial charge >= 0.3 is 5.97 Å². The van der Waals surface area contributed by atoms with E-state index in [9.17, 15) is 22.8 Å². The van der Waals surface area contributed by atoms with Gasteiger partial charge in [-0.1, -0.05) is 5.16 Å². The van der Waals surface area contributed by atoms with Crippen LogP contribution in [0.4, 0.5) is 18.9 Å². The van der Waals surface area contributed by atoms with Crippen LogP contribution in [-0.2, 0) is 0 Å². The molecule has 6 nitrogen and oxygen atoms in total. The van der Waals surface area contributed by atoms with Gasteiger partial charge in [0.05, 0.1) is 0 Å². The molecule has 0 radical (unpaired) electrons. The first-order valence-electron chi connectivity index (χ1n) is 5.04. The summed E-state index contributed by atoms with van der Waals surface area (Å²) in [5.74, 6) is -7.61. The first-order valence-corrected chi connectivity index (χ1v) is 5.04. The summed E-state index contributed by atoms with van der Waals surface area (Å²) in [4.78, 5) is 22.1. The number of aromatic carboxylic acids is 1. The molecule has 1 amide bonds. The lowest BCUT2D eigenvalue weighted by Crippen LogP contribution is -2.13. The lowest BCUT2D eigenvalue weighted by molar-refractivity contribution is 0.0651. The highest BCUT2D eigenvalue weighted by Gasteiger charge is 2.18. The molecule has 0 atom stereocenters. The lowest BCUT2D eigenvalue weighted by atomic mass is 10.2. The van der Waals surface area contributed by atoms with Crippen molar-refractivity contribution in [1.82, 2.24) is 5.16 Å². The molecule has 20 heavy (non-hydrogen) atoms. The Hall–Kier alpha value is -2.84. The Labute approximate surface area is 108 Å². The zero-order valence-corrected chi connectivity index (χ0v) is 9.49. The highest BCUT2D eigenvalue weighted by atomic mass is 19.2. The normalized spacial score (nSPS) is 10.3. The fraction of sp³-hybridized carbons (Fsp3) is 0. The molecule has 0 saturated carbocycles. The number of aromatic nitrogens is 1. The zero-order chi connectivity index (χ0) is 14.9. The molecular formula is C11H5F3N2O4. The first kappa shape index (κ1) is 13.6. The van der Waals surface area contributed by atoms with Crippen LogP contribution in [0.1, 0.15) is 21.0 Å². The number of amides is 1. The number of carboxylic acid groups (broad SMARTS) is 1. The summed E-state index contributed by atoms with van der Waals surface area (Å²) >= 11 is 0. The van der Waals surface area contributed by atoms with E-state index >= 15 is 0 Å². The van der Waals surface area contributed by atoms with Crippen molar-refractivity contribution >= 4 is 17.6 Å². The van der Waals surface area contributed by atoms with Gasteiger partial charge < -0.3 is 14.9 Å². The number of hydrogen-bond acceptors (Lipinski definition) is 4. The Morgan fingerprint density at radius 3 is 2.25 bits per heavy atom. The number of carboxylic acids is 1. The van der Waals surface area contributed by atoms with E-state index in [2.05, 4.69) is 9.68 Å². The summed E-state index contributed by atoms with van der Waals surface area (Å²) in [6, 6.07) is 1.96. The van der Waals surface area contributed by atoms with Crippen molar-refractivity contribution in [3.63, 3.8) is 0 Å². The molecule has 1 aromatic carbocycles. The molecule has 0 saturated heterocycles. The number of carbonyl (C=O) groups excluding carboxylic acids is 1. The van der Waals surface area contributed by atoms with Crippen LogP contribution in [0.5, 0.6) is 0 Å². The number of nitrogens with zero attached hydrogens (tertiary/aromatic N) is 1. The third-order valence-corrected chi connectivity index (χ3v) is 2.20. The molecule has 0 unspecified atom stereocenters. The van der Waals surface area contributed by atoms with E-state index in [-0.39, 0.29) is 5.69 Å². The van der Waals surface area contributed by atoms with Gasteiger partial charge in [-0.25, -0.2) is 18.0 Å². The molecule has 2 aromatic rings. The van der Waals surface area contributed by atoms with E-state index in [4.69, 9.17) is 5.11 Å². The summed E-state index contributed by atoms with van der Waals surface area (Å²) < 4.78 is 42.9. The van der Waals surface area contributed by atoms with E-state index in [0.29, 0.717) is 12.1 Å². The Balaban J connectivity index is 2.21. The van der Waals surface area contributed by atoms with E-state index in [1.54, 1.807) is 0 Å². The molecule has 9 heteroatoms. The number of benzene rings is 1. The van der Waals surface area contributed by atoms with E-state index < -0.39 is 40.8 Å². The molecule has 1 aromatic heterocycles. The van der Waals surface area contributed by atoms with Crippen LogP contribution in [0.3, 0.4) is 0 Å². The van der Waals surface area contributed by atoms with Crippen LogP contribution in [0.15, 0.2) is 22.7 Å². The van der Waals surface area contributed by atoms with E-state index in [1.165, 1.54) is 0 Å². The maximum absolute atomic E-state index is 12.9. The summed E-state index contributed by atoms with van der Waals surface area (Å²) in [6.07, 6.45) is 0. The van der Waals surface area contributed by atoms with Crippen LogP contribution in [-0.4, -0.2) is 22.1 Å². The average Bonchev–Trinajstić information content (AvgIpc) is 2.85. The van der Waals surface area contributed by atoms with Crippen molar-refractivity contribution in [2.45, 2.75) is 0 Å². The van der Waals surface area contributed by atoms with Gasteiger partial charge in [-0.3, -0.25) is 4.79 Å². The minimum atomic E-state index is -1.67. The number of nitrogens with one attached hydrogen (secondary N) is 1. The van der Waals surface area contributed by atoms with Crippen molar-refractivity contribution in [1.29, 1.82) is 0 Å². The van der Waals surface area contributed by atoms with Gasteiger partial charge in [0.25, 0.3) is 5.91 Å². The second-order valence-corrected chi connectivity index (χ2v) is 3.59. The highest BCUT2D eigenvalue weighted by Crippen LogP contribution is 2.18. The largest absolute Gasteiger partial charge is 0.475 e. The monoisotopic (exact) mass is 286 g/mol.